The van der Waals surface area contributed by atoms with E-state index in [1.54, 1.807) is 85.5 Å². The molecule has 5 heterocycles. The first kappa shape index (κ1) is 65.0. The van der Waals surface area contributed by atoms with Crippen molar-refractivity contribution in [2.24, 2.45) is 0 Å². The number of hydrogen-bond donors (Lipinski definition) is 1. The van der Waals surface area contributed by atoms with Crippen LogP contribution in [0.15, 0.2) is 126 Å². The molecule has 2 aliphatic heterocycles. The summed E-state index contributed by atoms with van der Waals surface area (Å²) in [5.41, 5.74) is 17.3. The van der Waals surface area contributed by atoms with Gasteiger partial charge in [-0.2, -0.15) is 0 Å². The minimum Gasteiger partial charge on any atom is -0.444 e. The van der Waals surface area contributed by atoms with E-state index in [9.17, 15) is 32.3 Å². The predicted octanol–water partition coefficient (Wildman–Crippen LogP) is 18.9. The number of hydrogen-bond acceptors (Lipinski definition) is 9. The van der Waals surface area contributed by atoms with Gasteiger partial charge in [-0.05, 0) is 209 Å². The van der Waals surface area contributed by atoms with E-state index in [-0.39, 0.29) is 40.9 Å². The Labute approximate surface area is 527 Å². The monoisotopic (exact) mass is 1260 g/mol. The zero-order chi connectivity index (χ0) is 64.2. The van der Waals surface area contributed by atoms with Crippen molar-refractivity contribution in [2.75, 3.05) is 26.2 Å². The molecule has 0 bridgehead atoms. The number of benzene rings is 6. The molecule has 0 unspecified atom stereocenters. The predicted molar refractivity (Wildman–Crippen MR) is 357 cm³/mol. The fraction of sp³-hybridized carbons (Fsp3) is 0.293. The Morgan fingerprint density at radius 2 is 0.910 bits per heavy atom. The van der Waals surface area contributed by atoms with Crippen molar-refractivity contribution in [3.8, 4) is 33.4 Å². The lowest BCUT2D eigenvalue weighted by Crippen LogP contribution is -2.39. The van der Waals surface area contributed by atoms with Gasteiger partial charge in [-0.25, -0.2) is 32.9 Å². The Morgan fingerprint density at radius 3 is 1.26 bits per heavy atom. The molecule has 2 aliphatic rings. The van der Waals surface area contributed by atoms with Crippen LogP contribution in [0.4, 0.5) is 18.0 Å². The largest absolute Gasteiger partial charge is 0.444 e. The van der Waals surface area contributed by atoms with Gasteiger partial charge in [0.2, 0.25) is 0 Å². The van der Waals surface area contributed by atoms with E-state index < -0.39 is 5.60 Å². The summed E-state index contributed by atoms with van der Waals surface area (Å²) in [7, 11) is 0. The van der Waals surface area contributed by atoms with Crippen molar-refractivity contribution in [3.63, 3.8) is 0 Å². The summed E-state index contributed by atoms with van der Waals surface area (Å²) in [6, 6.07) is 31.1. The molecular formula is C75H75BrF3N5O5. The van der Waals surface area contributed by atoms with E-state index in [2.05, 4.69) is 62.2 Å². The summed E-state index contributed by atoms with van der Waals surface area (Å²) in [4.78, 5) is 65.3. The summed E-state index contributed by atoms with van der Waals surface area (Å²) in [5, 5.41) is 5.98. The maximum Gasteiger partial charge on any atom is 0.410 e. The molecule has 6 aromatic carbocycles. The number of carbonyl (C=O) groups excluding carboxylic acids is 4. The maximum atomic E-state index is 15.0. The van der Waals surface area contributed by atoms with Crippen LogP contribution in [0.25, 0.3) is 77.2 Å². The standard InChI is InChI=1S/C30H33FN2O3.C25H25FN2O.C20H17BrFNO/c1-7-26(34)24-17-22(21-10-8-9-11-23(21)31)28-19(3)27(18(2)16-25(28)32-24)20-12-14-33(15-13-20)29(35)36-30(4,5)6;1-4-23(29)21-14-19(18-7-5-6-8-20(18)26)25-16(3)24(15(2)13-22(25)28-21)17-9-11-27-12-10-17;1-4-18(24)16-10-14(13-7-5-6-8-15(13)22)19-12(3)20(21)11(2)9-17(19)23-16/h8-12,16-17H,7,13-15H2,1-6H3;5-9,13-14,27H,4,10-12H2,1-3H3;5-10H,4H2,1-3H3. The first-order valence-corrected chi connectivity index (χ1v) is 31.2. The van der Waals surface area contributed by atoms with Crippen molar-refractivity contribution in [1.29, 1.82) is 0 Å². The van der Waals surface area contributed by atoms with Gasteiger partial charge in [0.15, 0.2) is 17.3 Å². The quantitative estimate of drug-likeness (QED) is 0.126. The molecule has 0 fully saturated rings. The molecular weight excluding hydrogens is 1190 g/mol. The normalized spacial score (nSPS) is 13.3. The van der Waals surface area contributed by atoms with Crippen LogP contribution in [0.3, 0.4) is 0 Å². The number of fused-ring (bicyclic) bond motifs is 3. The molecule has 0 aliphatic carbocycles. The summed E-state index contributed by atoms with van der Waals surface area (Å²) >= 11 is 3.60. The van der Waals surface area contributed by atoms with Crippen molar-refractivity contribution in [2.45, 2.75) is 121 Å². The van der Waals surface area contributed by atoms with Crippen LogP contribution >= 0.6 is 15.9 Å². The molecule has 89 heavy (non-hydrogen) atoms. The second-order valence-corrected chi connectivity index (χ2v) is 24.5. The number of amides is 1. The zero-order valence-corrected chi connectivity index (χ0v) is 54.3. The third-order valence-electron chi connectivity index (χ3n) is 16.4. The highest BCUT2D eigenvalue weighted by atomic mass is 79.9. The molecule has 1 amide bonds. The van der Waals surface area contributed by atoms with Gasteiger partial charge in [0.25, 0.3) is 0 Å². The molecule has 10 nitrogen and oxygen atoms in total. The van der Waals surface area contributed by atoms with Crippen LogP contribution in [-0.2, 0) is 4.74 Å². The molecule has 9 aromatic rings. The van der Waals surface area contributed by atoms with E-state index >= 15 is 0 Å². The number of aromatic nitrogens is 3. The minimum absolute atomic E-state index is 0.0371. The lowest BCUT2D eigenvalue weighted by Gasteiger charge is -2.30. The van der Waals surface area contributed by atoms with Crippen molar-refractivity contribution >= 4 is 83.2 Å². The average molecular weight is 1260 g/mol. The van der Waals surface area contributed by atoms with Crippen molar-refractivity contribution in [3.05, 3.63) is 205 Å². The van der Waals surface area contributed by atoms with E-state index in [1.807, 2.05) is 79.7 Å². The summed E-state index contributed by atoms with van der Waals surface area (Å²) in [5.74, 6) is -1.11. The highest BCUT2D eigenvalue weighted by molar-refractivity contribution is 9.10. The molecule has 0 spiro atoms. The molecule has 0 saturated heterocycles. The summed E-state index contributed by atoms with van der Waals surface area (Å²) in [6.07, 6.45) is 6.68. The second kappa shape index (κ2) is 27.5. The van der Waals surface area contributed by atoms with E-state index in [4.69, 9.17) is 4.74 Å². The van der Waals surface area contributed by atoms with Gasteiger partial charge in [0.05, 0.1) is 16.6 Å². The number of Topliss-reactive ketones (excluding diaryl/α,β-unsaturated/α-hetero) is 3. The lowest BCUT2D eigenvalue weighted by molar-refractivity contribution is 0.0270. The number of ketones is 3. The lowest BCUT2D eigenvalue weighted by atomic mass is 9.86. The molecule has 458 valence electrons. The topological polar surface area (TPSA) is 131 Å². The molecule has 3 aromatic heterocycles. The number of carbonyl (C=O) groups is 4. The SMILES string of the molecule is CCC(=O)c1cc(-c2ccccc2F)c2c(C)c(Br)c(C)cc2n1.CCC(=O)c1cc(-c2ccccc2F)c2c(C)c(C3=CCN(C(=O)OC(C)(C)C)CC3)c(C)cc2n1.CCC(=O)c1cc(-c2ccccc2F)c2c(C)c(C3=CCNCC3)c(C)cc2n1. The van der Waals surface area contributed by atoms with Gasteiger partial charge in [0.1, 0.15) is 40.1 Å². The van der Waals surface area contributed by atoms with E-state index in [0.717, 1.165) is 95.7 Å². The fourth-order valence-electron chi connectivity index (χ4n) is 12.1. The van der Waals surface area contributed by atoms with Crippen LogP contribution in [0.5, 0.6) is 0 Å². The fourth-order valence-corrected chi connectivity index (χ4v) is 12.4. The Hall–Kier alpha value is -8.46. The summed E-state index contributed by atoms with van der Waals surface area (Å²) < 4.78 is 50.6. The number of pyridine rings is 3. The van der Waals surface area contributed by atoms with Crippen molar-refractivity contribution in [1.82, 2.24) is 25.2 Å². The molecule has 14 heteroatoms. The number of rotatable bonds is 11. The van der Waals surface area contributed by atoms with Gasteiger partial charge >= 0.3 is 6.09 Å². The smallest absolute Gasteiger partial charge is 0.410 e. The molecule has 1 N–H and O–H groups in total. The number of aryl methyl sites for hydroxylation is 6. The van der Waals surface area contributed by atoms with Gasteiger partial charge in [-0.15, -0.1) is 0 Å². The molecule has 0 radical (unpaired) electrons. The number of ether oxygens (including phenoxy) is 1. The zero-order valence-electron chi connectivity index (χ0n) is 52.8. The molecule has 11 rings (SSSR count). The number of nitrogens with one attached hydrogen (secondary N) is 1. The van der Waals surface area contributed by atoms with Crippen LogP contribution < -0.4 is 5.32 Å². The third-order valence-corrected chi connectivity index (χ3v) is 17.6. The van der Waals surface area contributed by atoms with Gasteiger partial charge in [-0.1, -0.05) is 103 Å². The third kappa shape index (κ3) is 13.9. The van der Waals surface area contributed by atoms with Crippen LogP contribution in [0, 0.1) is 59.0 Å². The first-order valence-electron chi connectivity index (χ1n) is 30.4. The van der Waals surface area contributed by atoms with Crippen molar-refractivity contribution < 1.29 is 37.1 Å². The molecule has 0 atom stereocenters. The summed E-state index contributed by atoms with van der Waals surface area (Å²) in [6.45, 7) is 26.0. The Bertz CT molecular complexity index is 4370. The number of halogens is 4. The number of nitrogens with zero attached hydrogens (tertiary/aromatic N) is 4. The average Bonchev–Trinajstić information content (AvgIpc) is 1.35. The first-order chi connectivity index (χ1) is 42.4. The Morgan fingerprint density at radius 1 is 0.528 bits per heavy atom. The van der Waals surface area contributed by atoms with Gasteiger partial charge < -0.3 is 15.0 Å². The van der Waals surface area contributed by atoms with Crippen LogP contribution in [0.1, 0.15) is 150 Å². The minimum atomic E-state index is -0.541. The van der Waals surface area contributed by atoms with Crippen LogP contribution in [0.2, 0.25) is 0 Å². The van der Waals surface area contributed by atoms with Crippen LogP contribution in [-0.4, -0.2) is 75.1 Å². The highest BCUT2D eigenvalue weighted by Crippen LogP contribution is 2.42. The second-order valence-electron chi connectivity index (χ2n) is 23.7. The molecule has 0 saturated carbocycles. The Kier molecular flexibility index (Phi) is 20.1. The van der Waals surface area contributed by atoms with Gasteiger partial charge in [0, 0.05) is 76.2 Å². The highest BCUT2D eigenvalue weighted by Gasteiger charge is 2.28. The maximum absolute atomic E-state index is 15.0. The van der Waals surface area contributed by atoms with E-state index in [0.29, 0.717) is 94.7 Å². The van der Waals surface area contributed by atoms with Gasteiger partial charge in [-0.3, -0.25) is 14.4 Å². The van der Waals surface area contributed by atoms with E-state index in [1.165, 1.54) is 29.3 Å². The Balaban J connectivity index is 0.000000162.